The summed E-state index contributed by atoms with van der Waals surface area (Å²) in [5.41, 5.74) is 0. The van der Waals surface area contributed by atoms with Crippen molar-refractivity contribution in [2.75, 3.05) is 59.5 Å². The van der Waals surface area contributed by atoms with E-state index in [0.717, 1.165) is 38.4 Å². The minimum atomic E-state index is -2.00. The van der Waals surface area contributed by atoms with Crippen LogP contribution < -0.4 is 5.32 Å². The van der Waals surface area contributed by atoms with Crippen molar-refractivity contribution >= 4 is 8.56 Å². The van der Waals surface area contributed by atoms with Gasteiger partial charge in [-0.15, -0.1) is 0 Å². The summed E-state index contributed by atoms with van der Waals surface area (Å²) in [6.45, 7) is 21.8. The second-order valence-corrected chi connectivity index (χ2v) is 12.0. The zero-order valence-corrected chi connectivity index (χ0v) is 21.9. The number of nitrogens with zero attached hydrogens (tertiary/aromatic N) is 2. The molecule has 0 rings (SSSR count). The summed E-state index contributed by atoms with van der Waals surface area (Å²) in [7, 11) is 0.244. The predicted octanol–water partition coefficient (Wildman–Crippen LogP) is 4.72. The molecule has 0 bridgehead atoms. The number of hydrogen-bond donors (Lipinski definition) is 1. The number of nitrogens with one attached hydrogen (secondary N) is 1. The molecule has 1 atom stereocenters. The molecule has 0 aromatic heterocycles. The topological polar surface area (TPSA) is 37.0 Å². The first-order valence-corrected chi connectivity index (χ1v) is 14.6. The average Bonchev–Trinajstić information content (AvgIpc) is 2.70. The molecule has 0 aromatic carbocycles. The lowest BCUT2D eigenvalue weighted by Crippen LogP contribution is -2.42. The molecular weight excluding hydrogens is 378 g/mol. The Kier molecular flexibility index (Phi) is 18.8. The van der Waals surface area contributed by atoms with E-state index in [-0.39, 0.29) is 0 Å². The van der Waals surface area contributed by atoms with E-state index in [9.17, 15) is 0 Å². The van der Waals surface area contributed by atoms with Crippen LogP contribution in [0.1, 0.15) is 73.6 Å². The summed E-state index contributed by atoms with van der Waals surface area (Å²) in [6, 6.07) is 2.79. The van der Waals surface area contributed by atoms with Gasteiger partial charge in [0.05, 0.1) is 0 Å². The summed E-state index contributed by atoms with van der Waals surface area (Å²) in [6.07, 6.45) is 6.10. The predicted molar refractivity (Wildman–Crippen MR) is 130 cm³/mol. The van der Waals surface area contributed by atoms with Gasteiger partial charge in [-0.2, -0.15) is 0 Å². The van der Waals surface area contributed by atoms with Crippen LogP contribution in [0.5, 0.6) is 0 Å². The molecule has 29 heavy (non-hydrogen) atoms. The van der Waals surface area contributed by atoms with Crippen LogP contribution in [0, 0.1) is 0 Å². The molecule has 1 N–H and O–H groups in total. The highest BCUT2D eigenvalue weighted by Crippen LogP contribution is 2.21. The van der Waals surface area contributed by atoms with Gasteiger partial charge in [-0.05, 0) is 111 Å². The zero-order chi connectivity index (χ0) is 22.0. The van der Waals surface area contributed by atoms with Gasteiger partial charge in [0, 0.05) is 19.3 Å². The molecule has 0 aliphatic heterocycles. The van der Waals surface area contributed by atoms with Gasteiger partial charge >= 0.3 is 8.56 Å². The highest BCUT2D eigenvalue weighted by Gasteiger charge is 2.34. The minimum Gasteiger partial charge on any atom is -0.394 e. The SMILES string of the molecule is CCCN(C)CCCN(CCCNC(C)CC)CCC[Si](CC)(OCC)OCC. The summed E-state index contributed by atoms with van der Waals surface area (Å²) < 4.78 is 12.3. The first-order chi connectivity index (χ1) is 14.0. The lowest BCUT2D eigenvalue weighted by Gasteiger charge is -2.30. The standard InChI is InChI=1S/C23H53N3O2Si/c1-8-17-25(7)18-14-20-26(19-13-16-24-23(6)9-2)21-15-22-29(12-5,27-10-3)28-11-4/h23-24H,8-22H2,1-7H3. The molecule has 0 fully saturated rings. The smallest absolute Gasteiger partial charge is 0.337 e. The second-order valence-electron chi connectivity index (χ2n) is 8.35. The lowest BCUT2D eigenvalue weighted by atomic mass is 10.2. The Labute approximate surface area is 184 Å². The number of rotatable bonds is 21. The van der Waals surface area contributed by atoms with Crippen molar-refractivity contribution in [3.05, 3.63) is 0 Å². The van der Waals surface area contributed by atoms with Gasteiger partial charge in [0.2, 0.25) is 0 Å². The molecule has 0 aliphatic carbocycles. The Hall–Kier alpha value is 0.0169. The zero-order valence-electron chi connectivity index (χ0n) is 20.9. The molecule has 5 nitrogen and oxygen atoms in total. The van der Waals surface area contributed by atoms with Crippen molar-refractivity contribution in [3.63, 3.8) is 0 Å². The van der Waals surface area contributed by atoms with E-state index in [4.69, 9.17) is 8.85 Å². The lowest BCUT2D eigenvalue weighted by molar-refractivity contribution is 0.179. The molecule has 0 heterocycles. The maximum absolute atomic E-state index is 6.16. The van der Waals surface area contributed by atoms with E-state index in [0.29, 0.717) is 6.04 Å². The molecular formula is C23H53N3O2Si. The second kappa shape index (κ2) is 18.8. The highest BCUT2D eigenvalue weighted by atomic mass is 28.4. The Morgan fingerprint density at radius 3 is 2.00 bits per heavy atom. The van der Waals surface area contributed by atoms with Crippen molar-refractivity contribution in [1.29, 1.82) is 0 Å². The van der Waals surface area contributed by atoms with Crippen LogP contribution in [-0.2, 0) is 8.85 Å². The van der Waals surface area contributed by atoms with Crippen molar-refractivity contribution in [2.24, 2.45) is 0 Å². The Morgan fingerprint density at radius 1 is 0.828 bits per heavy atom. The van der Waals surface area contributed by atoms with E-state index in [1.807, 2.05) is 0 Å². The summed E-state index contributed by atoms with van der Waals surface area (Å²) in [4.78, 5) is 5.13. The molecule has 176 valence electrons. The van der Waals surface area contributed by atoms with Crippen molar-refractivity contribution in [2.45, 2.75) is 91.8 Å². The van der Waals surface area contributed by atoms with Crippen LogP contribution in [0.3, 0.4) is 0 Å². The average molecular weight is 432 g/mol. The van der Waals surface area contributed by atoms with E-state index in [1.165, 1.54) is 58.3 Å². The van der Waals surface area contributed by atoms with E-state index < -0.39 is 8.56 Å². The first kappa shape index (κ1) is 29.0. The van der Waals surface area contributed by atoms with Gasteiger partial charge in [0.1, 0.15) is 0 Å². The maximum Gasteiger partial charge on any atom is 0.337 e. The Morgan fingerprint density at radius 2 is 1.45 bits per heavy atom. The van der Waals surface area contributed by atoms with Crippen LogP contribution in [0.15, 0.2) is 0 Å². The van der Waals surface area contributed by atoms with Gasteiger partial charge in [-0.1, -0.05) is 20.8 Å². The van der Waals surface area contributed by atoms with Crippen LogP contribution in [0.4, 0.5) is 0 Å². The van der Waals surface area contributed by atoms with Gasteiger partial charge in [-0.25, -0.2) is 0 Å². The fourth-order valence-electron chi connectivity index (χ4n) is 3.85. The van der Waals surface area contributed by atoms with Crippen molar-refractivity contribution < 1.29 is 8.85 Å². The normalized spacial score (nSPS) is 13.6. The van der Waals surface area contributed by atoms with Crippen LogP contribution in [-0.4, -0.2) is 83.9 Å². The summed E-state index contributed by atoms with van der Waals surface area (Å²) >= 11 is 0. The number of hydrogen-bond acceptors (Lipinski definition) is 5. The highest BCUT2D eigenvalue weighted by molar-refractivity contribution is 6.67. The van der Waals surface area contributed by atoms with Crippen LogP contribution >= 0.6 is 0 Å². The molecule has 0 aliphatic rings. The Balaban J connectivity index is 4.52. The third-order valence-corrected chi connectivity index (χ3v) is 9.58. The van der Waals surface area contributed by atoms with Crippen molar-refractivity contribution in [3.8, 4) is 0 Å². The molecule has 0 saturated heterocycles. The first-order valence-electron chi connectivity index (χ1n) is 12.4. The molecule has 0 radical (unpaired) electrons. The van der Waals surface area contributed by atoms with E-state index in [1.54, 1.807) is 0 Å². The van der Waals surface area contributed by atoms with Gasteiger partial charge in [0.25, 0.3) is 0 Å². The van der Waals surface area contributed by atoms with Gasteiger partial charge < -0.3 is 24.0 Å². The fraction of sp³-hybridized carbons (Fsp3) is 1.00. The molecule has 0 aromatic rings. The molecule has 1 unspecified atom stereocenters. The molecule has 0 saturated carbocycles. The molecule has 0 amide bonds. The largest absolute Gasteiger partial charge is 0.394 e. The third kappa shape index (κ3) is 14.6. The quantitative estimate of drug-likeness (QED) is 0.210. The van der Waals surface area contributed by atoms with Gasteiger partial charge in [0.15, 0.2) is 0 Å². The Bertz CT molecular complexity index is 355. The van der Waals surface area contributed by atoms with Gasteiger partial charge in [-0.3, -0.25) is 0 Å². The molecule has 6 heteroatoms. The third-order valence-electron chi connectivity index (χ3n) is 5.76. The van der Waals surface area contributed by atoms with E-state index in [2.05, 4.69) is 63.7 Å². The van der Waals surface area contributed by atoms with E-state index >= 15 is 0 Å². The maximum atomic E-state index is 6.16. The summed E-state index contributed by atoms with van der Waals surface area (Å²) in [5.74, 6) is 0. The minimum absolute atomic E-state index is 0.625. The van der Waals surface area contributed by atoms with Crippen LogP contribution in [0.2, 0.25) is 12.1 Å². The summed E-state index contributed by atoms with van der Waals surface area (Å²) in [5, 5.41) is 3.63. The van der Waals surface area contributed by atoms with Crippen LogP contribution in [0.25, 0.3) is 0 Å². The molecule has 0 spiro atoms. The monoisotopic (exact) mass is 431 g/mol. The van der Waals surface area contributed by atoms with Crippen molar-refractivity contribution in [1.82, 2.24) is 15.1 Å². The fourth-order valence-corrected chi connectivity index (χ4v) is 6.74.